The molecule has 0 amide bonds. The zero-order chi connectivity index (χ0) is 12.6. The first-order valence-corrected chi connectivity index (χ1v) is 7.57. The number of ether oxygens (including phenoxy) is 1. The molecule has 0 aromatic rings. The van der Waals surface area contributed by atoms with Crippen molar-refractivity contribution < 1.29 is 4.74 Å². The first-order chi connectivity index (χ1) is 8.22. The van der Waals surface area contributed by atoms with Crippen molar-refractivity contribution in [3.8, 4) is 0 Å². The van der Waals surface area contributed by atoms with E-state index in [1.54, 1.807) is 0 Å². The molecule has 2 atom stereocenters. The Kier molecular flexibility index (Phi) is 7.14. The van der Waals surface area contributed by atoms with Gasteiger partial charge in [0.25, 0.3) is 0 Å². The molecule has 1 aliphatic carbocycles. The van der Waals surface area contributed by atoms with Crippen LogP contribution in [0.25, 0.3) is 0 Å². The van der Waals surface area contributed by atoms with E-state index in [1.165, 1.54) is 44.9 Å². The smallest absolute Gasteiger partial charge is 0.0808 e. The molecule has 0 aliphatic heterocycles. The highest BCUT2D eigenvalue weighted by Gasteiger charge is 2.35. The summed E-state index contributed by atoms with van der Waals surface area (Å²) in [6, 6.07) is 0. The van der Waals surface area contributed by atoms with Crippen LogP contribution in [-0.4, -0.2) is 25.3 Å². The highest BCUT2D eigenvalue weighted by molar-refractivity contribution is 4.89. The van der Waals surface area contributed by atoms with E-state index in [1.807, 2.05) is 0 Å². The largest absolute Gasteiger partial charge is 0.374 e. The maximum absolute atomic E-state index is 6.27. The van der Waals surface area contributed by atoms with Gasteiger partial charge in [-0.1, -0.05) is 40.0 Å². The topological polar surface area (TPSA) is 21.3 Å². The van der Waals surface area contributed by atoms with E-state index < -0.39 is 0 Å². The minimum absolute atomic E-state index is 0.141. The highest BCUT2D eigenvalue weighted by atomic mass is 16.5. The summed E-state index contributed by atoms with van der Waals surface area (Å²) in [5.74, 6) is 0.828. The molecule has 0 aromatic heterocycles. The maximum Gasteiger partial charge on any atom is 0.0808 e. The van der Waals surface area contributed by atoms with Crippen molar-refractivity contribution in [1.82, 2.24) is 5.32 Å². The summed E-state index contributed by atoms with van der Waals surface area (Å²) in [5, 5.41) is 3.57. The summed E-state index contributed by atoms with van der Waals surface area (Å²) in [5.41, 5.74) is 0.141. The summed E-state index contributed by atoms with van der Waals surface area (Å²) < 4.78 is 6.27. The Balaban J connectivity index is 2.43. The van der Waals surface area contributed by atoms with Gasteiger partial charge in [0.05, 0.1) is 5.60 Å². The molecule has 0 saturated heterocycles. The molecule has 2 nitrogen and oxygen atoms in total. The van der Waals surface area contributed by atoms with E-state index in [2.05, 4.69) is 26.1 Å². The third kappa shape index (κ3) is 5.39. The fraction of sp³-hybridized carbons (Fsp3) is 1.00. The highest BCUT2D eigenvalue weighted by Crippen LogP contribution is 2.35. The molecule has 17 heavy (non-hydrogen) atoms. The molecule has 1 fully saturated rings. The van der Waals surface area contributed by atoms with Crippen LogP contribution < -0.4 is 5.32 Å². The monoisotopic (exact) mass is 241 g/mol. The Labute approximate surface area is 108 Å². The van der Waals surface area contributed by atoms with Gasteiger partial charge in [-0.25, -0.2) is 0 Å². The molecular formula is C15H31NO. The molecule has 1 saturated carbocycles. The molecule has 2 unspecified atom stereocenters. The van der Waals surface area contributed by atoms with Gasteiger partial charge in [0.2, 0.25) is 0 Å². The maximum atomic E-state index is 6.27. The van der Waals surface area contributed by atoms with E-state index in [-0.39, 0.29) is 5.60 Å². The van der Waals surface area contributed by atoms with Gasteiger partial charge in [0, 0.05) is 13.2 Å². The Morgan fingerprint density at radius 1 is 1.29 bits per heavy atom. The second kappa shape index (κ2) is 8.10. The van der Waals surface area contributed by atoms with Crippen LogP contribution in [-0.2, 0) is 4.74 Å². The predicted molar refractivity (Wildman–Crippen MR) is 74.4 cm³/mol. The van der Waals surface area contributed by atoms with Crippen LogP contribution >= 0.6 is 0 Å². The first kappa shape index (κ1) is 15.0. The van der Waals surface area contributed by atoms with E-state index in [9.17, 15) is 0 Å². The molecule has 0 spiro atoms. The zero-order valence-electron chi connectivity index (χ0n) is 12.1. The third-order valence-corrected chi connectivity index (χ3v) is 3.83. The number of unbranched alkanes of at least 4 members (excludes halogenated alkanes) is 1. The minimum atomic E-state index is 0.141. The second-order valence-electron chi connectivity index (χ2n) is 5.76. The van der Waals surface area contributed by atoms with Crippen molar-refractivity contribution in [3.05, 3.63) is 0 Å². The first-order valence-electron chi connectivity index (χ1n) is 7.57. The van der Waals surface area contributed by atoms with Crippen molar-refractivity contribution in [3.63, 3.8) is 0 Å². The number of rotatable bonds is 8. The second-order valence-corrected chi connectivity index (χ2v) is 5.76. The van der Waals surface area contributed by atoms with Gasteiger partial charge in [-0.3, -0.25) is 0 Å². The molecule has 0 aromatic carbocycles. The standard InChI is InChI=1S/C15H31NO/c1-4-6-11-17-15(13-16-10-5-2)9-7-8-14(3)12-15/h14,16H,4-13H2,1-3H3. The van der Waals surface area contributed by atoms with Gasteiger partial charge in [-0.05, 0) is 38.1 Å². The lowest BCUT2D eigenvalue weighted by atomic mass is 9.78. The van der Waals surface area contributed by atoms with Gasteiger partial charge in [0.1, 0.15) is 0 Å². The van der Waals surface area contributed by atoms with Crippen molar-refractivity contribution in [2.45, 2.75) is 71.3 Å². The molecule has 102 valence electrons. The van der Waals surface area contributed by atoms with Crippen LogP contribution in [0.5, 0.6) is 0 Å². The van der Waals surface area contributed by atoms with Gasteiger partial charge in [-0.15, -0.1) is 0 Å². The summed E-state index contributed by atoms with van der Waals surface area (Å²) in [6.07, 6.45) is 8.84. The summed E-state index contributed by atoms with van der Waals surface area (Å²) >= 11 is 0. The Morgan fingerprint density at radius 2 is 2.12 bits per heavy atom. The SMILES string of the molecule is CCCCOC1(CNCCC)CCCC(C)C1. The van der Waals surface area contributed by atoms with Gasteiger partial charge >= 0.3 is 0 Å². The van der Waals surface area contributed by atoms with Crippen LogP contribution in [0.2, 0.25) is 0 Å². The molecule has 0 radical (unpaired) electrons. The lowest BCUT2D eigenvalue weighted by Crippen LogP contribution is -2.46. The van der Waals surface area contributed by atoms with Crippen LogP contribution in [0.3, 0.4) is 0 Å². The van der Waals surface area contributed by atoms with E-state index in [0.29, 0.717) is 0 Å². The Hall–Kier alpha value is -0.0800. The lowest BCUT2D eigenvalue weighted by Gasteiger charge is -2.40. The summed E-state index contributed by atoms with van der Waals surface area (Å²) in [4.78, 5) is 0. The van der Waals surface area contributed by atoms with Gasteiger partial charge in [-0.2, -0.15) is 0 Å². The molecule has 1 N–H and O–H groups in total. The lowest BCUT2D eigenvalue weighted by molar-refractivity contribution is -0.0800. The van der Waals surface area contributed by atoms with Crippen LogP contribution in [0.4, 0.5) is 0 Å². The number of hydrogen-bond donors (Lipinski definition) is 1. The van der Waals surface area contributed by atoms with Crippen LogP contribution in [0, 0.1) is 5.92 Å². The summed E-state index contributed by atoms with van der Waals surface area (Å²) in [6.45, 7) is 9.94. The average Bonchev–Trinajstić information content (AvgIpc) is 2.30. The quantitative estimate of drug-likeness (QED) is 0.653. The van der Waals surface area contributed by atoms with Crippen LogP contribution in [0.15, 0.2) is 0 Å². The third-order valence-electron chi connectivity index (χ3n) is 3.83. The molecule has 1 rings (SSSR count). The average molecular weight is 241 g/mol. The fourth-order valence-corrected chi connectivity index (χ4v) is 2.88. The zero-order valence-corrected chi connectivity index (χ0v) is 12.1. The van der Waals surface area contributed by atoms with Crippen molar-refractivity contribution in [2.24, 2.45) is 5.92 Å². The molecule has 2 heteroatoms. The van der Waals surface area contributed by atoms with Gasteiger partial charge in [0.15, 0.2) is 0 Å². The number of hydrogen-bond acceptors (Lipinski definition) is 2. The van der Waals surface area contributed by atoms with E-state index in [4.69, 9.17) is 4.74 Å². The summed E-state index contributed by atoms with van der Waals surface area (Å²) in [7, 11) is 0. The Morgan fingerprint density at radius 3 is 2.76 bits per heavy atom. The normalized spacial score (nSPS) is 29.5. The predicted octanol–water partition coefficient (Wildman–Crippen LogP) is 3.75. The van der Waals surface area contributed by atoms with Crippen molar-refractivity contribution in [1.29, 1.82) is 0 Å². The molecule has 0 bridgehead atoms. The number of nitrogens with one attached hydrogen (secondary N) is 1. The van der Waals surface area contributed by atoms with E-state index in [0.717, 1.165) is 25.6 Å². The van der Waals surface area contributed by atoms with Crippen LogP contribution in [0.1, 0.15) is 65.7 Å². The van der Waals surface area contributed by atoms with Gasteiger partial charge < -0.3 is 10.1 Å². The van der Waals surface area contributed by atoms with Crippen molar-refractivity contribution in [2.75, 3.05) is 19.7 Å². The minimum Gasteiger partial charge on any atom is -0.374 e. The van der Waals surface area contributed by atoms with E-state index >= 15 is 0 Å². The fourth-order valence-electron chi connectivity index (χ4n) is 2.88. The molecular weight excluding hydrogens is 210 g/mol. The van der Waals surface area contributed by atoms with Crippen molar-refractivity contribution >= 4 is 0 Å². The molecule has 0 heterocycles. The Bertz CT molecular complexity index is 183. The molecule has 1 aliphatic rings.